The molecule has 0 atom stereocenters. The molecule has 10 heteroatoms. The molecule has 0 unspecified atom stereocenters. The van der Waals surface area contributed by atoms with E-state index in [4.69, 9.17) is 10.5 Å². The fourth-order valence-electron chi connectivity index (χ4n) is 3.42. The predicted molar refractivity (Wildman–Crippen MR) is 140 cm³/mol. The van der Waals surface area contributed by atoms with Crippen LogP contribution in [0.25, 0.3) is 22.0 Å². The van der Waals surface area contributed by atoms with E-state index in [-0.39, 0.29) is 45.8 Å². The van der Waals surface area contributed by atoms with Crippen molar-refractivity contribution in [2.75, 3.05) is 12.3 Å². The quantitative estimate of drug-likeness (QED) is 0.149. The zero-order valence-electron chi connectivity index (χ0n) is 18.7. The molecule has 0 saturated heterocycles. The van der Waals surface area contributed by atoms with Gasteiger partial charge in [-0.3, -0.25) is 9.54 Å². The zero-order valence-corrected chi connectivity index (χ0v) is 19.5. The summed E-state index contributed by atoms with van der Waals surface area (Å²) < 4.78 is 39.3. The number of hydrogen-bond donors (Lipinski definition) is 2. The number of fused-ring (bicyclic) bond motifs is 1. The normalized spacial score (nSPS) is 11.7. The maximum absolute atomic E-state index is 11.9. The number of rotatable bonds is 7. The number of nitrogen functional groups attached to an aromatic ring is 1. The topological polar surface area (TPSA) is 127 Å². The predicted octanol–water partition coefficient (Wildman–Crippen LogP) is 5.53. The van der Waals surface area contributed by atoms with Crippen molar-refractivity contribution < 1.29 is 17.7 Å². The second-order valence-electron chi connectivity index (χ2n) is 8.13. The summed E-state index contributed by atoms with van der Waals surface area (Å²) >= 11 is 0. The summed E-state index contributed by atoms with van der Waals surface area (Å²) in [6.45, 7) is 4.77. The molecule has 4 aromatic rings. The second-order valence-corrected chi connectivity index (χ2v) is 9.52. The van der Waals surface area contributed by atoms with Crippen molar-refractivity contribution in [1.82, 2.24) is 4.98 Å². The van der Waals surface area contributed by atoms with Gasteiger partial charge < -0.3 is 10.5 Å². The first-order valence-corrected chi connectivity index (χ1v) is 12.1. The van der Waals surface area contributed by atoms with Crippen LogP contribution < -0.4 is 10.5 Å². The van der Waals surface area contributed by atoms with Gasteiger partial charge in [-0.15, -0.1) is 10.2 Å². The van der Waals surface area contributed by atoms with Gasteiger partial charge in [-0.05, 0) is 36.2 Å². The Morgan fingerprint density at radius 2 is 1.69 bits per heavy atom. The third-order valence-corrected chi connectivity index (χ3v) is 5.95. The first-order chi connectivity index (χ1) is 16.2. The Morgan fingerprint density at radius 1 is 1.00 bits per heavy atom. The molecule has 3 N–H and O–H groups in total. The molecule has 0 aliphatic rings. The molecule has 35 heavy (non-hydrogen) atoms. The van der Waals surface area contributed by atoms with Gasteiger partial charge in [-0.25, -0.2) is 0 Å². The minimum absolute atomic E-state index is 0. The van der Waals surface area contributed by atoms with E-state index in [0.717, 1.165) is 17.0 Å². The maximum atomic E-state index is 11.9. The monoisotopic (exact) mass is 500 g/mol. The van der Waals surface area contributed by atoms with Gasteiger partial charge in [-0.1, -0.05) is 50.2 Å². The van der Waals surface area contributed by atoms with Crippen LogP contribution in [0.4, 0.5) is 17.1 Å². The van der Waals surface area contributed by atoms with Gasteiger partial charge in [0, 0.05) is 16.3 Å². The molecule has 0 aliphatic carbocycles. The van der Waals surface area contributed by atoms with Gasteiger partial charge in [0.1, 0.15) is 22.0 Å². The van der Waals surface area contributed by atoms with Gasteiger partial charge in [0.2, 0.25) is 0 Å². The minimum atomic E-state index is -4.48. The number of azo groups is 1. The number of hydrogen-bond acceptors (Lipinski definition) is 7. The van der Waals surface area contributed by atoms with Gasteiger partial charge in [-0.2, -0.15) is 8.42 Å². The Kier molecular flexibility index (Phi) is 8.63. The van der Waals surface area contributed by atoms with Gasteiger partial charge in [0.25, 0.3) is 10.1 Å². The van der Waals surface area contributed by atoms with Crippen LogP contribution in [0.15, 0.2) is 88.1 Å². The number of ether oxygens (including phenoxy) is 1. The van der Waals surface area contributed by atoms with Crippen molar-refractivity contribution in [1.29, 1.82) is 0 Å². The fraction of sp³-hybridized carbons (Fsp3) is 0.160. The van der Waals surface area contributed by atoms with Crippen molar-refractivity contribution >= 4 is 67.5 Å². The second kappa shape index (κ2) is 11.3. The third kappa shape index (κ3) is 6.25. The number of nitrogens with two attached hydrogens (primary N) is 1. The van der Waals surface area contributed by atoms with E-state index in [1.54, 1.807) is 42.6 Å². The molecule has 0 bridgehead atoms. The summed E-state index contributed by atoms with van der Waals surface area (Å²) in [6, 6.07) is 19.0. The van der Waals surface area contributed by atoms with E-state index in [0.29, 0.717) is 29.0 Å². The van der Waals surface area contributed by atoms with E-state index in [1.165, 1.54) is 6.07 Å². The van der Waals surface area contributed by atoms with Crippen LogP contribution in [-0.2, 0) is 10.1 Å². The molecule has 0 fully saturated rings. The van der Waals surface area contributed by atoms with Crippen LogP contribution in [-0.4, -0.2) is 54.1 Å². The molecule has 4 rings (SSSR count). The number of anilines is 1. The number of pyridine rings is 1. The molecule has 8 nitrogen and oxygen atoms in total. The molecule has 0 saturated carbocycles. The Hall–Kier alpha value is -2.82. The average Bonchev–Trinajstić information content (AvgIpc) is 2.82. The number of para-hydroxylation sites is 1. The molecular formula is C25H25N4NaO4S. The van der Waals surface area contributed by atoms with Crippen LogP contribution >= 0.6 is 0 Å². The number of benzene rings is 3. The molecule has 0 amide bonds. The van der Waals surface area contributed by atoms with Crippen LogP contribution in [0.1, 0.15) is 13.8 Å². The van der Waals surface area contributed by atoms with E-state index in [1.807, 2.05) is 24.3 Å². The molecule has 1 aromatic heterocycles. The summed E-state index contributed by atoms with van der Waals surface area (Å²) in [5.41, 5.74) is 8.62. The summed E-state index contributed by atoms with van der Waals surface area (Å²) in [4.78, 5) is 4.20. The SMILES string of the molecule is CC(C)COc1ccccc1-c1ccc(N=Nc2cc(S(=O)(=O)O)c3ccccc3c2N)cn1.[NaH]. The molecule has 0 radical (unpaired) electrons. The third-order valence-electron chi connectivity index (χ3n) is 5.06. The first kappa shape index (κ1) is 26.8. The van der Waals surface area contributed by atoms with Crippen LogP contribution in [0, 0.1) is 5.92 Å². The Balaban J connectivity index is 0.00000342. The van der Waals surface area contributed by atoms with Crippen molar-refractivity contribution in [2.45, 2.75) is 18.7 Å². The number of aromatic nitrogens is 1. The molecule has 0 aliphatic heterocycles. The summed E-state index contributed by atoms with van der Waals surface area (Å²) in [6.07, 6.45) is 1.55. The Labute approximate surface area is 226 Å². The van der Waals surface area contributed by atoms with Gasteiger partial charge in [0.15, 0.2) is 0 Å². The molecule has 1 heterocycles. The zero-order chi connectivity index (χ0) is 24.3. The van der Waals surface area contributed by atoms with Crippen molar-refractivity contribution in [3.05, 3.63) is 72.9 Å². The average molecular weight is 501 g/mol. The van der Waals surface area contributed by atoms with Crippen molar-refractivity contribution in [3.63, 3.8) is 0 Å². The molecule has 176 valence electrons. The van der Waals surface area contributed by atoms with Crippen molar-refractivity contribution in [2.24, 2.45) is 16.1 Å². The number of nitrogens with zero attached hydrogens (tertiary/aromatic N) is 3. The fourth-order valence-corrected chi connectivity index (χ4v) is 4.14. The van der Waals surface area contributed by atoms with E-state index in [2.05, 4.69) is 29.1 Å². The van der Waals surface area contributed by atoms with E-state index in [9.17, 15) is 13.0 Å². The van der Waals surface area contributed by atoms with Crippen LogP contribution in [0.3, 0.4) is 0 Å². The Bertz CT molecular complexity index is 1470. The van der Waals surface area contributed by atoms with E-state index < -0.39 is 10.1 Å². The van der Waals surface area contributed by atoms with E-state index >= 15 is 0 Å². The van der Waals surface area contributed by atoms with Gasteiger partial charge in [0.05, 0.1) is 24.2 Å². The Morgan fingerprint density at radius 3 is 2.34 bits per heavy atom. The van der Waals surface area contributed by atoms with Crippen LogP contribution in [0.5, 0.6) is 5.75 Å². The van der Waals surface area contributed by atoms with Crippen molar-refractivity contribution in [3.8, 4) is 17.0 Å². The van der Waals surface area contributed by atoms with Gasteiger partial charge >= 0.3 is 29.6 Å². The molecular weight excluding hydrogens is 475 g/mol. The standard InChI is InChI=1S/C25H24N4O4S.Na.H/c1-16(2)15-33-23-10-6-5-9-20(23)21-12-11-17(14-27-21)28-29-22-13-24(34(30,31)32)18-7-3-4-8-19(18)25(22)26;;/h3-14,16H,15,26H2,1-2H3,(H,30,31,32);;. The summed E-state index contributed by atoms with van der Waals surface area (Å²) in [5.74, 6) is 1.15. The first-order valence-electron chi connectivity index (χ1n) is 10.6. The summed E-state index contributed by atoms with van der Waals surface area (Å²) in [5, 5.41) is 9.06. The molecule has 3 aromatic carbocycles. The molecule has 0 spiro atoms. The summed E-state index contributed by atoms with van der Waals surface area (Å²) in [7, 11) is -4.48. The van der Waals surface area contributed by atoms with Crippen LogP contribution in [0.2, 0.25) is 0 Å².